The molecule has 0 aliphatic carbocycles. The van der Waals surface area contributed by atoms with Gasteiger partial charge in [-0.1, -0.05) is 20.8 Å². The van der Waals surface area contributed by atoms with Crippen LogP contribution in [-0.4, -0.2) is 23.1 Å². The zero-order valence-corrected chi connectivity index (χ0v) is 11.4. The zero-order valence-electron chi connectivity index (χ0n) is 11.4. The second kappa shape index (κ2) is 7.09. The Kier molecular flexibility index (Phi) is 5.73. The minimum Gasteiger partial charge on any atom is -0.370 e. The van der Waals surface area contributed by atoms with Crippen LogP contribution in [0.4, 0.5) is 11.8 Å². The maximum atomic E-state index is 4.47. The zero-order chi connectivity index (χ0) is 12.7. The van der Waals surface area contributed by atoms with Crippen molar-refractivity contribution in [2.24, 2.45) is 5.92 Å². The lowest BCUT2D eigenvalue weighted by atomic mass is 10.1. The van der Waals surface area contributed by atoms with Crippen molar-refractivity contribution in [3.8, 4) is 0 Å². The smallest absolute Gasteiger partial charge is 0.224 e. The van der Waals surface area contributed by atoms with E-state index in [1.807, 2.05) is 13.1 Å². The first-order valence-corrected chi connectivity index (χ1v) is 6.44. The lowest BCUT2D eigenvalue weighted by Crippen LogP contribution is -2.10. The predicted octanol–water partition coefficient (Wildman–Crippen LogP) is 3.06. The fraction of sp³-hybridized carbons (Fsp3) is 0.692. The molecule has 2 N–H and O–H groups in total. The molecule has 0 unspecified atom stereocenters. The van der Waals surface area contributed by atoms with Crippen molar-refractivity contribution in [2.45, 2.75) is 40.5 Å². The van der Waals surface area contributed by atoms with E-state index >= 15 is 0 Å². The molecular weight excluding hydrogens is 212 g/mol. The average Bonchev–Trinajstić information content (AvgIpc) is 2.29. The van der Waals surface area contributed by atoms with Crippen molar-refractivity contribution in [3.05, 3.63) is 11.8 Å². The molecule has 0 saturated heterocycles. The van der Waals surface area contributed by atoms with Gasteiger partial charge in [0.15, 0.2) is 0 Å². The summed E-state index contributed by atoms with van der Waals surface area (Å²) in [6.45, 7) is 10.5. The number of aryl methyl sites for hydroxylation is 1. The van der Waals surface area contributed by atoms with Gasteiger partial charge in [0.05, 0.1) is 0 Å². The number of nitrogens with zero attached hydrogens (tertiary/aromatic N) is 2. The summed E-state index contributed by atoms with van der Waals surface area (Å²) in [6.07, 6.45) is 4.09. The highest BCUT2D eigenvalue weighted by molar-refractivity contribution is 5.46. The highest BCUT2D eigenvalue weighted by Crippen LogP contribution is 2.13. The average molecular weight is 236 g/mol. The van der Waals surface area contributed by atoms with Gasteiger partial charge in [-0.2, -0.15) is 4.98 Å². The Morgan fingerprint density at radius 2 is 2.00 bits per heavy atom. The topological polar surface area (TPSA) is 49.8 Å². The molecule has 96 valence electrons. The van der Waals surface area contributed by atoms with E-state index in [-0.39, 0.29) is 0 Å². The van der Waals surface area contributed by atoms with Crippen LogP contribution in [0.5, 0.6) is 0 Å². The summed E-state index contributed by atoms with van der Waals surface area (Å²) in [5.41, 5.74) is 1.09. The van der Waals surface area contributed by atoms with Gasteiger partial charge >= 0.3 is 0 Å². The van der Waals surface area contributed by atoms with Crippen molar-refractivity contribution in [1.29, 1.82) is 0 Å². The SMILES string of the molecule is CCCNc1ncc(C)c(NCCC(C)C)n1. The Labute approximate surface area is 104 Å². The minimum absolute atomic E-state index is 0.710. The number of hydrogen-bond acceptors (Lipinski definition) is 4. The van der Waals surface area contributed by atoms with Crippen molar-refractivity contribution in [1.82, 2.24) is 9.97 Å². The molecule has 1 heterocycles. The van der Waals surface area contributed by atoms with Crippen LogP contribution < -0.4 is 10.6 Å². The second-order valence-electron chi connectivity index (χ2n) is 4.76. The Bertz CT molecular complexity index is 336. The molecule has 0 fully saturated rings. The van der Waals surface area contributed by atoms with Crippen LogP contribution in [0.2, 0.25) is 0 Å². The summed E-state index contributed by atoms with van der Waals surface area (Å²) in [4.78, 5) is 8.73. The van der Waals surface area contributed by atoms with Gasteiger partial charge < -0.3 is 10.6 Å². The summed E-state index contributed by atoms with van der Waals surface area (Å²) < 4.78 is 0. The normalized spacial score (nSPS) is 10.6. The van der Waals surface area contributed by atoms with E-state index in [9.17, 15) is 0 Å². The third kappa shape index (κ3) is 5.02. The minimum atomic E-state index is 0.710. The van der Waals surface area contributed by atoms with Crippen LogP contribution in [0, 0.1) is 12.8 Å². The van der Waals surface area contributed by atoms with Crippen molar-refractivity contribution in [2.75, 3.05) is 23.7 Å². The van der Waals surface area contributed by atoms with E-state index in [4.69, 9.17) is 0 Å². The molecule has 0 radical (unpaired) electrons. The maximum absolute atomic E-state index is 4.47. The quantitative estimate of drug-likeness (QED) is 0.764. The molecule has 0 bridgehead atoms. The van der Waals surface area contributed by atoms with Crippen LogP contribution in [0.15, 0.2) is 6.20 Å². The van der Waals surface area contributed by atoms with Gasteiger partial charge in [-0.3, -0.25) is 0 Å². The molecule has 1 aromatic heterocycles. The number of anilines is 2. The van der Waals surface area contributed by atoms with Gasteiger partial charge in [0, 0.05) is 24.8 Å². The molecular formula is C13H24N4. The van der Waals surface area contributed by atoms with E-state index in [0.29, 0.717) is 11.9 Å². The summed E-state index contributed by atoms with van der Waals surface area (Å²) >= 11 is 0. The van der Waals surface area contributed by atoms with E-state index in [0.717, 1.165) is 37.3 Å². The molecule has 0 atom stereocenters. The lowest BCUT2D eigenvalue weighted by molar-refractivity contribution is 0.606. The molecule has 0 aliphatic rings. The highest BCUT2D eigenvalue weighted by atomic mass is 15.1. The first kappa shape index (κ1) is 13.7. The third-order valence-electron chi connectivity index (χ3n) is 2.52. The molecule has 0 amide bonds. The third-order valence-corrected chi connectivity index (χ3v) is 2.52. The van der Waals surface area contributed by atoms with E-state index in [2.05, 4.69) is 41.4 Å². The van der Waals surface area contributed by atoms with Gasteiger partial charge in [0.25, 0.3) is 0 Å². The van der Waals surface area contributed by atoms with Gasteiger partial charge in [-0.15, -0.1) is 0 Å². The van der Waals surface area contributed by atoms with E-state index in [1.54, 1.807) is 0 Å². The van der Waals surface area contributed by atoms with Gasteiger partial charge in [0.1, 0.15) is 5.82 Å². The van der Waals surface area contributed by atoms with Crippen LogP contribution in [0.3, 0.4) is 0 Å². The van der Waals surface area contributed by atoms with Crippen LogP contribution in [0.1, 0.15) is 39.2 Å². The van der Waals surface area contributed by atoms with Crippen LogP contribution >= 0.6 is 0 Å². The fourth-order valence-corrected chi connectivity index (χ4v) is 1.42. The number of nitrogens with one attached hydrogen (secondary N) is 2. The van der Waals surface area contributed by atoms with Crippen molar-refractivity contribution in [3.63, 3.8) is 0 Å². The second-order valence-corrected chi connectivity index (χ2v) is 4.76. The van der Waals surface area contributed by atoms with Crippen LogP contribution in [0.25, 0.3) is 0 Å². The molecule has 17 heavy (non-hydrogen) atoms. The first-order valence-electron chi connectivity index (χ1n) is 6.44. The number of rotatable bonds is 7. The Balaban J connectivity index is 2.56. The van der Waals surface area contributed by atoms with Gasteiger partial charge in [-0.25, -0.2) is 4.98 Å². The number of hydrogen-bond donors (Lipinski definition) is 2. The largest absolute Gasteiger partial charge is 0.370 e. The Morgan fingerprint density at radius 1 is 1.24 bits per heavy atom. The van der Waals surface area contributed by atoms with Crippen molar-refractivity contribution >= 4 is 11.8 Å². The van der Waals surface area contributed by atoms with Crippen LogP contribution in [-0.2, 0) is 0 Å². The fourth-order valence-electron chi connectivity index (χ4n) is 1.42. The van der Waals surface area contributed by atoms with Gasteiger partial charge in [-0.05, 0) is 25.7 Å². The Morgan fingerprint density at radius 3 is 2.65 bits per heavy atom. The van der Waals surface area contributed by atoms with Gasteiger partial charge in [0.2, 0.25) is 5.95 Å². The molecule has 1 rings (SSSR count). The molecule has 4 nitrogen and oxygen atoms in total. The predicted molar refractivity (Wildman–Crippen MR) is 73.5 cm³/mol. The summed E-state index contributed by atoms with van der Waals surface area (Å²) in [7, 11) is 0. The molecule has 0 aliphatic heterocycles. The van der Waals surface area contributed by atoms with E-state index < -0.39 is 0 Å². The first-order chi connectivity index (χ1) is 8.13. The maximum Gasteiger partial charge on any atom is 0.224 e. The number of aromatic nitrogens is 2. The summed E-state index contributed by atoms with van der Waals surface area (Å²) in [5.74, 6) is 2.37. The molecule has 0 saturated carbocycles. The van der Waals surface area contributed by atoms with Crippen molar-refractivity contribution < 1.29 is 0 Å². The standard InChI is InChI=1S/C13H24N4/c1-5-7-15-13-16-9-11(4)12(17-13)14-8-6-10(2)3/h9-10H,5-8H2,1-4H3,(H2,14,15,16,17). The lowest BCUT2D eigenvalue weighted by Gasteiger charge is -2.11. The monoisotopic (exact) mass is 236 g/mol. The molecule has 0 spiro atoms. The molecule has 1 aromatic rings. The summed E-state index contributed by atoms with van der Waals surface area (Å²) in [6, 6.07) is 0. The molecule has 0 aromatic carbocycles. The van der Waals surface area contributed by atoms with E-state index in [1.165, 1.54) is 0 Å². The summed E-state index contributed by atoms with van der Waals surface area (Å²) in [5, 5.41) is 6.57. The Hall–Kier alpha value is -1.32. The highest BCUT2D eigenvalue weighted by Gasteiger charge is 2.03. The molecule has 4 heteroatoms.